The van der Waals surface area contributed by atoms with Crippen LogP contribution in [0.4, 0.5) is 13.2 Å². The number of aromatic nitrogens is 6. The Hall–Kier alpha value is -8.95. The van der Waals surface area contributed by atoms with E-state index < -0.39 is 11.7 Å². The van der Waals surface area contributed by atoms with E-state index in [9.17, 15) is 13.2 Å². The second-order valence-electron chi connectivity index (χ2n) is 17.4. The van der Waals surface area contributed by atoms with Crippen molar-refractivity contribution < 1.29 is 13.2 Å². The molecule has 0 amide bonds. The van der Waals surface area contributed by atoms with Crippen LogP contribution in [-0.2, 0) is 6.18 Å². The second-order valence-corrected chi connectivity index (χ2v) is 17.4. The number of nitrogens with zero attached hydrogens (tertiary/aromatic N) is 6. The standard InChI is InChI=1S/C59H35F3N6/c60-59(61,62)38-23-24-44-48-33-47-43-19-9-12-22-51(43)68(56(47)35-54(48)66(52(44)31-38)40-15-5-2-6-16-40)58-30-37(26-28-64-58)36-25-27-63-57(29-36)67-50-21-11-8-18-42(50)46-32-45-41-17-7-10-20-49(41)65(53(45)34-55(46)67)39-13-3-1-4-14-39/h1-35H. The van der Waals surface area contributed by atoms with E-state index in [4.69, 9.17) is 9.97 Å². The van der Waals surface area contributed by atoms with Crippen LogP contribution in [0.2, 0.25) is 0 Å². The molecule has 6 nitrogen and oxygen atoms in total. The molecule has 0 radical (unpaired) electrons. The van der Waals surface area contributed by atoms with Crippen molar-refractivity contribution in [2.75, 3.05) is 0 Å². The highest BCUT2D eigenvalue weighted by Crippen LogP contribution is 2.43. The summed E-state index contributed by atoms with van der Waals surface area (Å²) >= 11 is 0. The van der Waals surface area contributed by atoms with Crippen LogP contribution in [0.15, 0.2) is 213 Å². The van der Waals surface area contributed by atoms with Crippen molar-refractivity contribution in [3.8, 4) is 34.1 Å². The lowest BCUT2D eigenvalue weighted by molar-refractivity contribution is -0.137. The molecule has 0 aliphatic carbocycles. The average molecular weight is 885 g/mol. The number of pyridine rings is 2. The van der Waals surface area contributed by atoms with E-state index in [-0.39, 0.29) is 0 Å². The summed E-state index contributed by atoms with van der Waals surface area (Å²) in [6.07, 6.45) is -0.783. The molecular weight excluding hydrogens is 850 g/mol. The number of hydrogen-bond acceptors (Lipinski definition) is 2. The Morgan fingerprint density at radius 1 is 0.294 bits per heavy atom. The Kier molecular flexibility index (Phi) is 8.05. The molecule has 0 fully saturated rings. The number of alkyl halides is 3. The summed E-state index contributed by atoms with van der Waals surface area (Å²) in [5.74, 6) is 1.50. The Labute approximate surface area is 385 Å². The van der Waals surface area contributed by atoms with Crippen molar-refractivity contribution in [1.82, 2.24) is 28.2 Å². The molecule has 14 rings (SSSR count). The predicted octanol–water partition coefficient (Wildman–Crippen LogP) is 15.6. The molecule has 8 aromatic carbocycles. The van der Waals surface area contributed by atoms with E-state index in [0.29, 0.717) is 11.3 Å². The smallest absolute Gasteiger partial charge is 0.309 e. The SMILES string of the molecule is FC(F)(F)c1ccc2c3cc4c5ccccc5n(-c5cc(-c6ccnc(-n7c8ccccc8c8cc9c%10ccccc%10n(-c%10ccccc%10)c9cc87)c6)ccn5)c4cc3n(-c3ccccc3)c2c1. The zero-order valence-corrected chi connectivity index (χ0v) is 36.0. The maximum absolute atomic E-state index is 14.2. The Morgan fingerprint density at radius 3 is 1.12 bits per heavy atom. The minimum Gasteiger partial charge on any atom is -0.309 e. The molecule has 9 heteroatoms. The predicted molar refractivity (Wildman–Crippen MR) is 270 cm³/mol. The first-order chi connectivity index (χ1) is 33.4. The van der Waals surface area contributed by atoms with Crippen LogP contribution in [0.25, 0.3) is 121 Å². The molecule has 6 heterocycles. The summed E-state index contributed by atoms with van der Waals surface area (Å²) in [6, 6.07) is 66.6. The number of para-hydroxylation sites is 5. The van der Waals surface area contributed by atoms with Gasteiger partial charge in [0, 0.05) is 66.9 Å². The zero-order chi connectivity index (χ0) is 45.3. The van der Waals surface area contributed by atoms with Gasteiger partial charge in [-0.05, 0) is 114 Å². The number of benzene rings is 8. The van der Waals surface area contributed by atoms with Crippen LogP contribution in [-0.4, -0.2) is 28.2 Å². The molecule has 0 aliphatic rings. The average Bonchev–Trinajstić information content (AvgIpc) is 4.09. The molecule has 14 aromatic rings. The van der Waals surface area contributed by atoms with Gasteiger partial charge in [0.05, 0.1) is 49.7 Å². The van der Waals surface area contributed by atoms with Crippen LogP contribution < -0.4 is 0 Å². The van der Waals surface area contributed by atoms with E-state index in [0.717, 1.165) is 99.3 Å². The van der Waals surface area contributed by atoms with Gasteiger partial charge in [-0.15, -0.1) is 0 Å². The lowest BCUT2D eigenvalue weighted by Crippen LogP contribution is -2.05. The summed E-state index contributed by atoms with van der Waals surface area (Å²) in [4.78, 5) is 10.0. The first-order valence-electron chi connectivity index (χ1n) is 22.5. The van der Waals surface area contributed by atoms with Crippen LogP contribution in [0, 0.1) is 0 Å². The molecule has 0 spiro atoms. The first-order valence-corrected chi connectivity index (χ1v) is 22.5. The van der Waals surface area contributed by atoms with Crippen molar-refractivity contribution in [3.05, 3.63) is 218 Å². The van der Waals surface area contributed by atoms with Crippen LogP contribution in [0.5, 0.6) is 0 Å². The van der Waals surface area contributed by atoms with Crippen molar-refractivity contribution in [1.29, 1.82) is 0 Å². The summed E-state index contributed by atoms with van der Waals surface area (Å²) in [5, 5.41) is 8.29. The number of halogens is 3. The maximum atomic E-state index is 14.2. The third-order valence-electron chi connectivity index (χ3n) is 13.7. The number of hydrogen-bond donors (Lipinski definition) is 0. The molecular formula is C59H35F3N6. The number of rotatable bonds is 5. The highest BCUT2D eigenvalue weighted by molar-refractivity contribution is 6.20. The highest BCUT2D eigenvalue weighted by Gasteiger charge is 2.31. The normalized spacial score (nSPS) is 12.3. The van der Waals surface area contributed by atoms with Gasteiger partial charge in [-0.3, -0.25) is 9.13 Å². The van der Waals surface area contributed by atoms with Gasteiger partial charge in [-0.1, -0.05) is 97.1 Å². The van der Waals surface area contributed by atoms with E-state index in [1.54, 1.807) is 6.07 Å². The van der Waals surface area contributed by atoms with E-state index in [2.05, 4.69) is 135 Å². The number of fused-ring (bicyclic) bond motifs is 12. The lowest BCUT2D eigenvalue weighted by atomic mass is 10.1. The largest absolute Gasteiger partial charge is 0.416 e. The quantitative estimate of drug-likeness (QED) is 0.173. The molecule has 68 heavy (non-hydrogen) atoms. The molecule has 6 aromatic heterocycles. The fraction of sp³-hybridized carbons (Fsp3) is 0.0169. The topological polar surface area (TPSA) is 45.5 Å². The van der Waals surface area contributed by atoms with Crippen LogP contribution >= 0.6 is 0 Å². The second kappa shape index (κ2) is 14.3. The van der Waals surface area contributed by atoms with Gasteiger partial charge in [-0.25, -0.2) is 9.97 Å². The fourth-order valence-electron chi connectivity index (χ4n) is 10.7. The molecule has 0 saturated heterocycles. The van der Waals surface area contributed by atoms with Crippen molar-refractivity contribution in [2.24, 2.45) is 0 Å². The van der Waals surface area contributed by atoms with Gasteiger partial charge in [0.25, 0.3) is 0 Å². The Bertz CT molecular complexity index is 4370. The maximum Gasteiger partial charge on any atom is 0.416 e. The lowest BCUT2D eigenvalue weighted by Gasteiger charge is -2.12. The molecule has 0 bridgehead atoms. The van der Waals surface area contributed by atoms with Gasteiger partial charge in [0.15, 0.2) is 0 Å². The van der Waals surface area contributed by atoms with Gasteiger partial charge in [-0.2, -0.15) is 13.2 Å². The van der Waals surface area contributed by atoms with Gasteiger partial charge in [0.1, 0.15) is 11.6 Å². The fourth-order valence-corrected chi connectivity index (χ4v) is 10.7. The zero-order valence-electron chi connectivity index (χ0n) is 36.0. The van der Waals surface area contributed by atoms with E-state index in [1.165, 1.54) is 22.9 Å². The van der Waals surface area contributed by atoms with Gasteiger partial charge in [0.2, 0.25) is 0 Å². The molecule has 0 atom stereocenters. The molecule has 0 unspecified atom stereocenters. The van der Waals surface area contributed by atoms with Crippen molar-refractivity contribution >= 4 is 87.2 Å². The van der Waals surface area contributed by atoms with Crippen LogP contribution in [0.1, 0.15) is 5.56 Å². The minimum atomic E-state index is -4.49. The first kappa shape index (κ1) is 38.3. The molecule has 322 valence electrons. The summed E-state index contributed by atoms with van der Waals surface area (Å²) in [7, 11) is 0. The summed E-state index contributed by atoms with van der Waals surface area (Å²) < 4.78 is 51.3. The summed E-state index contributed by atoms with van der Waals surface area (Å²) in [5.41, 5.74) is 10.6. The van der Waals surface area contributed by atoms with Crippen LogP contribution in [0.3, 0.4) is 0 Å². The van der Waals surface area contributed by atoms with Gasteiger partial charge >= 0.3 is 6.18 Å². The Balaban J connectivity index is 0.962. The van der Waals surface area contributed by atoms with Gasteiger partial charge < -0.3 is 9.13 Å². The van der Waals surface area contributed by atoms with E-state index >= 15 is 0 Å². The highest BCUT2D eigenvalue weighted by atomic mass is 19.4. The monoisotopic (exact) mass is 884 g/mol. The van der Waals surface area contributed by atoms with Crippen molar-refractivity contribution in [2.45, 2.75) is 6.18 Å². The van der Waals surface area contributed by atoms with E-state index in [1.807, 2.05) is 77.6 Å². The molecule has 0 N–H and O–H groups in total. The third-order valence-corrected chi connectivity index (χ3v) is 13.7. The summed E-state index contributed by atoms with van der Waals surface area (Å²) in [6.45, 7) is 0. The molecule has 0 aliphatic heterocycles. The Morgan fingerprint density at radius 2 is 0.662 bits per heavy atom. The minimum absolute atomic E-state index is 0.490. The third kappa shape index (κ3) is 5.59. The van der Waals surface area contributed by atoms with Crippen molar-refractivity contribution in [3.63, 3.8) is 0 Å². The molecule has 0 saturated carbocycles.